The zero-order valence-electron chi connectivity index (χ0n) is 6.19. The largest absolute Gasteiger partial charge is 0.307 e. The van der Waals surface area contributed by atoms with Crippen LogP contribution in [0.3, 0.4) is 0 Å². The standard InChI is InChI=1S/C7H8ClN3/c1-4-10-6-3-9-2-5(6)7(8)11-4/h9H,2-3H2,1H3. The zero-order valence-corrected chi connectivity index (χ0v) is 6.94. The van der Waals surface area contributed by atoms with E-state index in [0.717, 1.165) is 30.2 Å². The van der Waals surface area contributed by atoms with Crippen molar-refractivity contribution in [1.82, 2.24) is 15.3 Å². The van der Waals surface area contributed by atoms with Gasteiger partial charge in [0.1, 0.15) is 11.0 Å². The van der Waals surface area contributed by atoms with Gasteiger partial charge in [-0.2, -0.15) is 0 Å². The molecule has 0 saturated carbocycles. The van der Waals surface area contributed by atoms with E-state index in [-0.39, 0.29) is 0 Å². The molecule has 1 aromatic heterocycles. The molecule has 0 aromatic carbocycles. The summed E-state index contributed by atoms with van der Waals surface area (Å²) >= 11 is 5.88. The minimum absolute atomic E-state index is 0.595. The predicted molar refractivity (Wildman–Crippen MR) is 42.3 cm³/mol. The summed E-state index contributed by atoms with van der Waals surface area (Å²) in [6.07, 6.45) is 0. The number of hydrogen-bond acceptors (Lipinski definition) is 3. The topological polar surface area (TPSA) is 37.8 Å². The predicted octanol–water partition coefficient (Wildman–Crippen LogP) is 1.04. The molecule has 0 radical (unpaired) electrons. The van der Waals surface area contributed by atoms with E-state index < -0.39 is 0 Å². The van der Waals surface area contributed by atoms with E-state index in [4.69, 9.17) is 11.6 Å². The van der Waals surface area contributed by atoms with Gasteiger partial charge in [0, 0.05) is 18.7 Å². The Morgan fingerprint density at radius 1 is 1.36 bits per heavy atom. The zero-order chi connectivity index (χ0) is 7.84. The van der Waals surface area contributed by atoms with Crippen LogP contribution < -0.4 is 5.32 Å². The first-order valence-corrected chi connectivity index (χ1v) is 3.88. The lowest BCUT2D eigenvalue weighted by molar-refractivity contribution is 0.757. The van der Waals surface area contributed by atoms with Gasteiger partial charge in [-0.3, -0.25) is 0 Å². The first-order valence-electron chi connectivity index (χ1n) is 3.50. The highest BCUT2D eigenvalue weighted by Crippen LogP contribution is 2.20. The van der Waals surface area contributed by atoms with E-state index >= 15 is 0 Å². The van der Waals surface area contributed by atoms with Crippen molar-refractivity contribution in [2.24, 2.45) is 0 Å². The fourth-order valence-electron chi connectivity index (χ4n) is 1.24. The normalized spacial score (nSPS) is 15.1. The van der Waals surface area contributed by atoms with Crippen LogP contribution in [0.25, 0.3) is 0 Å². The molecule has 1 aromatic rings. The number of halogens is 1. The molecule has 2 rings (SSSR count). The van der Waals surface area contributed by atoms with Crippen LogP contribution >= 0.6 is 11.6 Å². The van der Waals surface area contributed by atoms with Gasteiger partial charge in [-0.25, -0.2) is 9.97 Å². The van der Waals surface area contributed by atoms with Gasteiger partial charge < -0.3 is 5.32 Å². The van der Waals surface area contributed by atoms with Crippen LogP contribution in [-0.2, 0) is 13.1 Å². The maximum absolute atomic E-state index is 5.88. The Balaban J connectivity index is 2.60. The average Bonchev–Trinajstić information content (AvgIpc) is 2.34. The smallest absolute Gasteiger partial charge is 0.137 e. The number of nitrogens with one attached hydrogen (secondary N) is 1. The Hall–Kier alpha value is -0.670. The molecular formula is C7H8ClN3. The van der Waals surface area contributed by atoms with Crippen molar-refractivity contribution in [3.63, 3.8) is 0 Å². The number of rotatable bonds is 0. The van der Waals surface area contributed by atoms with Crippen LogP contribution in [0.1, 0.15) is 17.1 Å². The van der Waals surface area contributed by atoms with Gasteiger partial charge in [-0.1, -0.05) is 11.6 Å². The summed E-state index contributed by atoms with van der Waals surface area (Å²) in [6, 6.07) is 0. The second-order valence-corrected chi connectivity index (χ2v) is 2.95. The quantitative estimate of drug-likeness (QED) is 0.590. The van der Waals surface area contributed by atoms with E-state index in [1.54, 1.807) is 0 Å². The number of aryl methyl sites for hydroxylation is 1. The molecule has 11 heavy (non-hydrogen) atoms. The van der Waals surface area contributed by atoms with E-state index in [1.807, 2.05) is 6.92 Å². The highest BCUT2D eigenvalue weighted by Gasteiger charge is 2.15. The van der Waals surface area contributed by atoms with Gasteiger partial charge in [0.15, 0.2) is 0 Å². The maximum atomic E-state index is 5.88. The molecule has 0 bridgehead atoms. The molecule has 0 saturated heterocycles. The molecule has 0 atom stereocenters. The molecule has 0 fully saturated rings. The number of nitrogens with zero attached hydrogens (tertiary/aromatic N) is 2. The summed E-state index contributed by atoms with van der Waals surface area (Å²) in [5.41, 5.74) is 2.10. The van der Waals surface area contributed by atoms with Crippen LogP contribution in [0.15, 0.2) is 0 Å². The third kappa shape index (κ3) is 1.10. The van der Waals surface area contributed by atoms with Crippen molar-refractivity contribution in [3.8, 4) is 0 Å². The Kier molecular flexibility index (Phi) is 1.55. The lowest BCUT2D eigenvalue weighted by Gasteiger charge is -1.99. The van der Waals surface area contributed by atoms with Crippen LogP contribution in [0.5, 0.6) is 0 Å². The van der Waals surface area contributed by atoms with Crippen molar-refractivity contribution >= 4 is 11.6 Å². The second-order valence-electron chi connectivity index (χ2n) is 2.59. The van der Waals surface area contributed by atoms with Gasteiger partial charge in [-0.05, 0) is 6.92 Å². The summed E-state index contributed by atoms with van der Waals surface area (Å²) in [5, 5.41) is 3.76. The first kappa shape index (κ1) is 7.00. The number of fused-ring (bicyclic) bond motifs is 1. The molecule has 1 aliphatic rings. The molecular weight excluding hydrogens is 162 g/mol. The minimum Gasteiger partial charge on any atom is -0.307 e. The van der Waals surface area contributed by atoms with Crippen molar-refractivity contribution in [3.05, 3.63) is 22.2 Å². The number of hydrogen-bond donors (Lipinski definition) is 1. The van der Waals surface area contributed by atoms with E-state index in [2.05, 4.69) is 15.3 Å². The monoisotopic (exact) mass is 169 g/mol. The average molecular weight is 170 g/mol. The third-order valence-electron chi connectivity index (χ3n) is 1.75. The van der Waals surface area contributed by atoms with Crippen LogP contribution in [-0.4, -0.2) is 9.97 Å². The summed E-state index contributed by atoms with van der Waals surface area (Å²) in [4.78, 5) is 8.32. The lowest BCUT2D eigenvalue weighted by Crippen LogP contribution is -2.00. The van der Waals surface area contributed by atoms with Crippen molar-refractivity contribution in [2.75, 3.05) is 0 Å². The molecule has 0 amide bonds. The van der Waals surface area contributed by atoms with Gasteiger partial charge in [0.25, 0.3) is 0 Å². The molecule has 0 unspecified atom stereocenters. The van der Waals surface area contributed by atoms with E-state index in [0.29, 0.717) is 5.15 Å². The molecule has 58 valence electrons. The van der Waals surface area contributed by atoms with E-state index in [9.17, 15) is 0 Å². The van der Waals surface area contributed by atoms with Gasteiger partial charge >= 0.3 is 0 Å². The maximum Gasteiger partial charge on any atom is 0.137 e. The molecule has 4 heteroatoms. The fraction of sp³-hybridized carbons (Fsp3) is 0.429. The van der Waals surface area contributed by atoms with Crippen molar-refractivity contribution < 1.29 is 0 Å². The molecule has 0 aliphatic carbocycles. The summed E-state index contributed by atoms with van der Waals surface area (Å²) in [7, 11) is 0. The molecule has 1 aliphatic heterocycles. The Morgan fingerprint density at radius 3 is 3.00 bits per heavy atom. The number of aromatic nitrogens is 2. The summed E-state index contributed by atoms with van der Waals surface area (Å²) < 4.78 is 0. The van der Waals surface area contributed by atoms with Crippen molar-refractivity contribution in [1.29, 1.82) is 0 Å². The molecule has 0 spiro atoms. The van der Waals surface area contributed by atoms with Gasteiger partial charge in [0.2, 0.25) is 0 Å². The Morgan fingerprint density at radius 2 is 2.18 bits per heavy atom. The first-order chi connectivity index (χ1) is 5.27. The van der Waals surface area contributed by atoms with Crippen LogP contribution in [0.4, 0.5) is 0 Å². The molecule has 1 N–H and O–H groups in total. The molecule has 2 heterocycles. The lowest BCUT2D eigenvalue weighted by atomic mass is 10.3. The van der Waals surface area contributed by atoms with Gasteiger partial charge in [-0.15, -0.1) is 0 Å². The second kappa shape index (κ2) is 2.43. The SMILES string of the molecule is Cc1nc(Cl)c2c(n1)CNC2. The van der Waals surface area contributed by atoms with Crippen LogP contribution in [0.2, 0.25) is 5.15 Å². The van der Waals surface area contributed by atoms with E-state index in [1.165, 1.54) is 0 Å². The highest BCUT2D eigenvalue weighted by molar-refractivity contribution is 6.30. The minimum atomic E-state index is 0.595. The highest BCUT2D eigenvalue weighted by atomic mass is 35.5. The summed E-state index contributed by atoms with van der Waals surface area (Å²) in [6.45, 7) is 3.47. The fourth-order valence-corrected chi connectivity index (χ4v) is 1.54. The summed E-state index contributed by atoms with van der Waals surface area (Å²) in [5.74, 6) is 0.748. The molecule has 3 nitrogen and oxygen atoms in total. The Bertz CT molecular complexity index is 298. The van der Waals surface area contributed by atoms with Crippen LogP contribution in [0, 0.1) is 6.92 Å². The Labute approximate surface area is 69.8 Å². The van der Waals surface area contributed by atoms with Gasteiger partial charge in [0.05, 0.1) is 5.69 Å². The van der Waals surface area contributed by atoms with Crippen molar-refractivity contribution in [2.45, 2.75) is 20.0 Å². The third-order valence-corrected chi connectivity index (χ3v) is 2.06.